The van der Waals surface area contributed by atoms with E-state index in [2.05, 4.69) is 34.5 Å². The van der Waals surface area contributed by atoms with Crippen molar-refractivity contribution in [3.05, 3.63) is 29.8 Å². The van der Waals surface area contributed by atoms with Crippen LogP contribution in [0.3, 0.4) is 0 Å². The molecular weight excluding hydrogens is 224 g/mol. The summed E-state index contributed by atoms with van der Waals surface area (Å²) in [6, 6.07) is 8.62. The van der Waals surface area contributed by atoms with Gasteiger partial charge in [0, 0.05) is 31.7 Å². The number of nitrogens with one attached hydrogen (secondary N) is 1. The smallest absolute Gasteiger partial charge is 0.134 e. The second-order valence-electron chi connectivity index (χ2n) is 4.22. The molecule has 0 bridgehead atoms. The minimum absolute atomic E-state index is 0.0139. The molecule has 1 fully saturated rings. The van der Waals surface area contributed by atoms with Gasteiger partial charge in [-0.2, -0.15) is 0 Å². The van der Waals surface area contributed by atoms with E-state index in [0.29, 0.717) is 12.5 Å². The Balaban J connectivity index is 2.05. The first-order valence-corrected chi connectivity index (χ1v) is 5.95. The van der Waals surface area contributed by atoms with Gasteiger partial charge >= 0.3 is 0 Å². The lowest BCUT2D eigenvalue weighted by atomic mass is 10.1. The molecule has 2 rings (SSSR count). The normalized spacial score (nSPS) is 24.7. The number of halogens is 1. The maximum atomic E-state index is 5.78. The van der Waals surface area contributed by atoms with E-state index >= 15 is 0 Å². The van der Waals surface area contributed by atoms with Crippen LogP contribution in [0.5, 0.6) is 0 Å². The molecule has 88 valence electrons. The van der Waals surface area contributed by atoms with Gasteiger partial charge in [0.2, 0.25) is 0 Å². The van der Waals surface area contributed by atoms with Gasteiger partial charge < -0.3 is 9.64 Å². The zero-order chi connectivity index (χ0) is 11.5. The van der Waals surface area contributed by atoms with Gasteiger partial charge in [-0.25, -0.2) is 0 Å². The Labute approximate surface area is 101 Å². The molecule has 1 saturated heterocycles. The molecule has 1 aliphatic rings. The van der Waals surface area contributed by atoms with E-state index in [-0.39, 0.29) is 12.3 Å². The zero-order valence-corrected chi connectivity index (χ0v) is 10.4. The molecule has 0 spiro atoms. The summed E-state index contributed by atoms with van der Waals surface area (Å²) >= 11 is 5.78. The largest absolute Gasteiger partial charge is 0.378 e. The molecule has 1 aromatic rings. The van der Waals surface area contributed by atoms with Crippen molar-refractivity contribution < 1.29 is 4.74 Å². The van der Waals surface area contributed by atoms with Gasteiger partial charge in [0.15, 0.2) is 0 Å². The lowest BCUT2D eigenvalue weighted by Gasteiger charge is -2.15. The van der Waals surface area contributed by atoms with E-state index in [0.717, 1.165) is 5.56 Å². The Morgan fingerprint density at radius 2 is 2.06 bits per heavy atom. The number of anilines is 1. The summed E-state index contributed by atoms with van der Waals surface area (Å²) in [7, 11) is 4.06. The summed E-state index contributed by atoms with van der Waals surface area (Å²) in [5, 5.41) is 3.34. The number of nitrogens with zero attached hydrogens (tertiary/aromatic N) is 1. The molecule has 1 heterocycles. The second-order valence-corrected chi connectivity index (χ2v) is 4.53. The molecule has 2 atom stereocenters. The van der Waals surface area contributed by atoms with Gasteiger partial charge in [-0.3, -0.25) is 5.32 Å². The Hall–Kier alpha value is -0.770. The minimum Gasteiger partial charge on any atom is -0.378 e. The zero-order valence-electron chi connectivity index (χ0n) is 9.61. The summed E-state index contributed by atoms with van der Waals surface area (Å²) in [5.74, 6) is 0.590. The Kier molecular flexibility index (Phi) is 3.69. The van der Waals surface area contributed by atoms with Gasteiger partial charge in [-0.05, 0) is 17.7 Å². The molecule has 0 saturated carbocycles. The monoisotopic (exact) mass is 240 g/mol. The van der Waals surface area contributed by atoms with Crippen molar-refractivity contribution in [2.45, 2.75) is 12.3 Å². The van der Waals surface area contributed by atoms with E-state index < -0.39 is 0 Å². The SMILES string of the molecule is CN(C)c1ccc(C2NC(CCl)CO2)cc1. The molecule has 2 unspecified atom stereocenters. The second kappa shape index (κ2) is 5.04. The average Bonchev–Trinajstić information content (AvgIpc) is 2.77. The van der Waals surface area contributed by atoms with Crippen LogP contribution in [0.15, 0.2) is 24.3 Å². The average molecular weight is 241 g/mol. The predicted molar refractivity (Wildman–Crippen MR) is 67.1 cm³/mol. The highest BCUT2D eigenvalue weighted by Crippen LogP contribution is 2.23. The summed E-state index contributed by atoms with van der Waals surface area (Å²) < 4.78 is 5.63. The van der Waals surface area contributed by atoms with Crippen molar-refractivity contribution >= 4 is 17.3 Å². The number of benzene rings is 1. The fraction of sp³-hybridized carbons (Fsp3) is 0.500. The van der Waals surface area contributed by atoms with Crippen molar-refractivity contribution in [2.75, 3.05) is 31.5 Å². The molecule has 16 heavy (non-hydrogen) atoms. The van der Waals surface area contributed by atoms with E-state index in [1.165, 1.54) is 5.69 Å². The maximum absolute atomic E-state index is 5.78. The van der Waals surface area contributed by atoms with E-state index in [4.69, 9.17) is 16.3 Å². The standard InChI is InChI=1S/C12H17ClN2O/c1-15(2)11-5-3-9(4-6-11)12-14-10(7-13)8-16-12/h3-6,10,12,14H,7-8H2,1-2H3. The molecule has 1 aliphatic heterocycles. The summed E-state index contributed by atoms with van der Waals surface area (Å²) in [4.78, 5) is 2.08. The first-order valence-electron chi connectivity index (χ1n) is 5.41. The summed E-state index contributed by atoms with van der Waals surface area (Å²) in [6.45, 7) is 0.684. The fourth-order valence-corrected chi connectivity index (χ4v) is 1.93. The fourth-order valence-electron chi connectivity index (χ4n) is 1.75. The highest BCUT2D eigenvalue weighted by Gasteiger charge is 2.24. The molecule has 3 nitrogen and oxygen atoms in total. The van der Waals surface area contributed by atoms with Crippen LogP contribution in [0.25, 0.3) is 0 Å². The van der Waals surface area contributed by atoms with Crippen LogP contribution < -0.4 is 10.2 Å². The van der Waals surface area contributed by atoms with Crippen molar-refractivity contribution in [3.63, 3.8) is 0 Å². The lowest BCUT2D eigenvalue weighted by Crippen LogP contribution is -2.27. The quantitative estimate of drug-likeness (QED) is 0.818. The summed E-state index contributed by atoms with van der Waals surface area (Å²) in [5.41, 5.74) is 2.34. The van der Waals surface area contributed by atoms with Gasteiger partial charge in [0.05, 0.1) is 6.61 Å². The molecule has 0 amide bonds. The third kappa shape index (κ3) is 2.48. The Morgan fingerprint density at radius 1 is 1.38 bits per heavy atom. The highest BCUT2D eigenvalue weighted by atomic mass is 35.5. The van der Waals surface area contributed by atoms with Crippen LogP contribution in [-0.2, 0) is 4.74 Å². The van der Waals surface area contributed by atoms with Gasteiger partial charge in [0.25, 0.3) is 0 Å². The molecule has 0 radical (unpaired) electrons. The van der Waals surface area contributed by atoms with Gasteiger partial charge in [0.1, 0.15) is 6.23 Å². The third-order valence-electron chi connectivity index (χ3n) is 2.75. The van der Waals surface area contributed by atoms with Crippen molar-refractivity contribution in [1.82, 2.24) is 5.32 Å². The van der Waals surface area contributed by atoms with Crippen LogP contribution >= 0.6 is 11.6 Å². The molecular formula is C12H17ClN2O. The van der Waals surface area contributed by atoms with E-state index in [9.17, 15) is 0 Å². The number of alkyl halides is 1. The van der Waals surface area contributed by atoms with Crippen LogP contribution in [0.1, 0.15) is 11.8 Å². The molecule has 1 aromatic carbocycles. The number of hydrogen-bond acceptors (Lipinski definition) is 3. The Bertz CT molecular complexity index is 339. The third-order valence-corrected chi connectivity index (χ3v) is 3.12. The minimum atomic E-state index is -0.0139. The molecule has 0 aliphatic carbocycles. The first kappa shape index (κ1) is 11.7. The maximum Gasteiger partial charge on any atom is 0.134 e. The van der Waals surface area contributed by atoms with Crippen molar-refractivity contribution in [2.24, 2.45) is 0 Å². The predicted octanol–water partition coefficient (Wildman–Crippen LogP) is 1.98. The number of rotatable bonds is 3. The number of hydrogen-bond donors (Lipinski definition) is 1. The van der Waals surface area contributed by atoms with Crippen LogP contribution in [-0.4, -0.2) is 32.6 Å². The lowest BCUT2D eigenvalue weighted by molar-refractivity contribution is 0.101. The Morgan fingerprint density at radius 3 is 2.56 bits per heavy atom. The van der Waals surface area contributed by atoms with Crippen LogP contribution in [0.4, 0.5) is 5.69 Å². The molecule has 1 N–H and O–H groups in total. The first-order chi connectivity index (χ1) is 7.70. The van der Waals surface area contributed by atoms with E-state index in [1.807, 2.05) is 14.1 Å². The van der Waals surface area contributed by atoms with E-state index in [1.54, 1.807) is 0 Å². The highest BCUT2D eigenvalue weighted by molar-refractivity contribution is 6.18. The van der Waals surface area contributed by atoms with Crippen molar-refractivity contribution in [1.29, 1.82) is 0 Å². The topological polar surface area (TPSA) is 24.5 Å². The van der Waals surface area contributed by atoms with Crippen LogP contribution in [0, 0.1) is 0 Å². The van der Waals surface area contributed by atoms with Crippen molar-refractivity contribution in [3.8, 4) is 0 Å². The number of ether oxygens (including phenoxy) is 1. The van der Waals surface area contributed by atoms with Gasteiger partial charge in [-0.1, -0.05) is 12.1 Å². The molecule has 0 aromatic heterocycles. The molecule has 4 heteroatoms. The summed E-state index contributed by atoms with van der Waals surface area (Å²) in [6.07, 6.45) is -0.0139. The van der Waals surface area contributed by atoms with Gasteiger partial charge in [-0.15, -0.1) is 11.6 Å². The van der Waals surface area contributed by atoms with Crippen LogP contribution in [0.2, 0.25) is 0 Å².